The molecule has 0 radical (unpaired) electrons. The number of nitrogens with two attached hydrogens (primary N) is 1. The quantitative estimate of drug-likeness (QED) is 0.713. The van der Waals surface area contributed by atoms with Crippen molar-refractivity contribution in [2.75, 3.05) is 26.2 Å². The summed E-state index contributed by atoms with van der Waals surface area (Å²) in [7, 11) is 0. The Bertz CT molecular complexity index is 546. The molecule has 1 fully saturated rings. The van der Waals surface area contributed by atoms with Crippen molar-refractivity contribution >= 4 is 66.3 Å². The molecule has 1 aliphatic rings. The Morgan fingerprint density at radius 1 is 1.33 bits per heavy atom. The lowest BCUT2D eigenvalue weighted by molar-refractivity contribution is 0.0544. The molecule has 2 heterocycles. The Balaban J connectivity index is 2.01. The van der Waals surface area contributed by atoms with Gasteiger partial charge in [0.25, 0.3) is 5.91 Å². The zero-order chi connectivity index (χ0) is 15.8. The van der Waals surface area contributed by atoms with Crippen LogP contribution in [-0.2, 0) is 0 Å². The van der Waals surface area contributed by atoms with Gasteiger partial charge in [0.1, 0.15) is 0 Å². The maximum Gasteiger partial charge on any atom is 0.264 e. The monoisotopic (exact) mass is 453 g/mol. The van der Waals surface area contributed by atoms with Crippen LogP contribution in [0.25, 0.3) is 0 Å². The van der Waals surface area contributed by atoms with Gasteiger partial charge in [-0.05, 0) is 51.8 Å². The fourth-order valence-electron chi connectivity index (χ4n) is 2.23. The minimum Gasteiger partial charge on any atom is -0.392 e. The van der Waals surface area contributed by atoms with E-state index in [9.17, 15) is 4.79 Å². The van der Waals surface area contributed by atoms with E-state index in [1.807, 2.05) is 24.8 Å². The summed E-state index contributed by atoms with van der Waals surface area (Å²) >= 11 is 13.4. The van der Waals surface area contributed by atoms with Crippen LogP contribution < -0.4 is 5.73 Å². The smallest absolute Gasteiger partial charge is 0.264 e. The van der Waals surface area contributed by atoms with Crippen molar-refractivity contribution < 1.29 is 4.79 Å². The molecule has 0 unspecified atom stereocenters. The highest BCUT2D eigenvalue weighted by molar-refractivity contribution is 9.13. The predicted molar refractivity (Wildman–Crippen MR) is 98.1 cm³/mol. The fourth-order valence-corrected chi connectivity index (χ4v) is 4.36. The van der Waals surface area contributed by atoms with Crippen molar-refractivity contribution in [1.29, 1.82) is 0 Å². The summed E-state index contributed by atoms with van der Waals surface area (Å²) in [6, 6.07) is 1.86. The second kappa shape index (κ2) is 6.62. The molecule has 1 amide bonds. The van der Waals surface area contributed by atoms with Crippen LogP contribution in [0.3, 0.4) is 0 Å². The van der Waals surface area contributed by atoms with E-state index in [1.165, 1.54) is 11.3 Å². The molecule has 0 atom stereocenters. The first-order valence-corrected chi connectivity index (χ1v) is 9.33. The zero-order valence-electron chi connectivity index (χ0n) is 11.9. The Labute approximate surface area is 150 Å². The Kier molecular flexibility index (Phi) is 5.46. The van der Waals surface area contributed by atoms with Gasteiger partial charge in [0, 0.05) is 30.7 Å². The molecule has 1 aromatic heterocycles. The minimum atomic E-state index is -0.306. The van der Waals surface area contributed by atoms with Crippen LogP contribution in [0.2, 0.25) is 0 Å². The molecule has 0 saturated carbocycles. The van der Waals surface area contributed by atoms with Gasteiger partial charge in [0.2, 0.25) is 0 Å². The lowest BCUT2D eigenvalue weighted by atomic mass is 10.0. The van der Waals surface area contributed by atoms with Gasteiger partial charge in [0.05, 0.1) is 19.2 Å². The molecule has 2 N–H and O–H groups in total. The number of hydrogen-bond acceptors (Lipinski definition) is 4. The van der Waals surface area contributed by atoms with Gasteiger partial charge in [-0.15, -0.1) is 11.3 Å². The highest BCUT2D eigenvalue weighted by atomic mass is 79.9. The maximum absolute atomic E-state index is 12.5. The lowest BCUT2D eigenvalue weighted by Gasteiger charge is -2.43. The molecular formula is C13H17Br2N3OS2. The van der Waals surface area contributed by atoms with Crippen molar-refractivity contribution in [3.05, 3.63) is 19.2 Å². The highest BCUT2D eigenvalue weighted by Gasteiger charge is 2.33. The predicted octanol–water partition coefficient (Wildman–Crippen LogP) is 3.10. The number of rotatable bonds is 3. The second-order valence-corrected chi connectivity index (χ2v) is 9.10. The summed E-state index contributed by atoms with van der Waals surface area (Å²) in [5.74, 6) is 0.0826. The van der Waals surface area contributed by atoms with E-state index in [0.717, 1.165) is 26.2 Å². The number of hydrogen-bond donors (Lipinski definition) is 1. The average molecular weight is 455 g/mol. The number of halogens is 2. The third kappa shape index (κ3) is 3.67. The van der Waals surface area contributed by atoms with E-state index < -0.39 is 0 Å². The summed E-state index contributed by atoms with van der Waals surface area (Å²) in [6.07, 6.45) is 0. The third-order valence-electron chi connectivity index (χ3n) is 3.82. The fraction of sp³-hybridized carbons (Fsp3) is 0.538. The number of thiocarbonyl (C=S) groups is 1. The first-order chi connectivity index (χ1) is 9.73. The number of carbonyl (C=O) groups is 1. The molecule has 0 spiro atoms. The number of amides is 1. The van der Waals surface area contributed by atoms with Gasteiger partial charge in [-0.25, -0.2) is 0 Å². The standard InChI is InChI=1S/C13H17Br2N3OS2/c1-13(2,12(16)20)18-5-3-17(4-6-18)11(19)9-7-8(14)10(15)21-9/h7H,3-6H2,1-2H3,(H2,16,20). The molecule has 21 heavy (non-hydrogen) atoms. The summed E-state index contributed by atoms with van der Waals surface area (Å²) in [5, 5.41) is 0. The topological polar surface area (TPSA) is 49.6 Å². The Hall–Kier alpha value is -0.0200. The van der Waals surface area contributed by atoms with Crippen molar-refractivity contribution in [1.82, 2.24) is 9.80 Å². The van der Waals surface area contributed by atoms with Crippen molar-refractivity contribution in [3.8, 4) is 0 Å². The SMILES string of the molecule is CC(C)(C(N)=S)N1CCN(C(=O)c2cc(Br)c(Br)s2)CC1. The molecule has 4 nitrogen and oxygen atoms in total. The minimum absolute atomic E-state index is 0.0826. The highest BCUT2D eigenvalue weighted by Crippen LogP contribution is 2.33. The Morgan fingerprint density at radius 3 is 2.33 bits per heavy atom. The average Bonchev–Trinajstić information content (AvgIpc) is 2.78. The number of thiophene rings is 1. The third-order valence-corrected chi connectivity index (χ3v) is 7.56. The number of nitrogens with zero attached hydrogens (tertiary/aromatic N) is 2. The molecule has 8 heteroatoms. The molecular weight excluding hydrogens is 438 g/mol. The largest absolute Gasteiger partial charge is 0.392 e. The van der Waals surface area contributed by atoms with Gasteiger partial charge >= 0.3 is 0 Å². The van der Waals surface area contributed by atoms with Crippen LogP contribution in [0.5, 0.6) is 0 Å². The van der Waals surface area contributed by atoms with E-state index in [-0.39, 0.29) is 11.4 Å². The van der Waals surface area contributed by atoms with E-state index in [1.54, 1.807) is 0 Å². The van der Waals surface area contributed by atoms with Gasteiger partial charge in [0.15, 0.2) is 0 Å². The molecule has 1 saturated heterocycles. The van der Waals surface area contributed by atoms with E-state index in [4.69, 9.17) is 18.0 Å². The summed E-state index contributed by atoms with van der Waals surface area (Å²) in [4.78, 5) is 17.8. The molecule has 1 aromatic rings. The second-order valence-electron chi connectivity index (χ2n) is 5.43. The van der Waals surface area contributed by atoms with Crippen molar-refractivity contribution in [3.63, 3.8) is 0 Å². The van der Waals surface area contributed by atoms with E-state index >= 15 is 0 Å². The maximum atomic E-state index is 12.5. The van der Waals surface area contributed by atoms with Gasteiger partial charge in [-0.2, -0.15) is 0 Å². The van der Waals surface area contributed by atoms with Gasteiger partial charge in [-0.1, -0.05) is 12.2 Å². The molecule has 0 aliphatic carbocycles. The summed E-state index contributed by atoms with van der Waals surface area (Å²) < 4.78 is 1.86. The summed E-state index contributed by atoms with van der Waals surface area (Å²) in [5.41, 5.74) is 5.50. The van der Waals surface area contributed by atoms with Crippen LogP contribution in [0, 0.1) is 0 Å². The van der Waals surface area contributed by atoms with Crippen LogP contribution in [0.1, 0.15) is 23.5 Å². The van der Waals surface area contributed by atoms with Crippen LogP contribution in [0.4, 0.5) is 0 Å². The molecule has 2 rings (SSSR count). The Morgan fingerprint density at radius 2 is 1.90 bits per heavy atom. The normalized spacial score (nSPS) is 17.0. The van der Waals surface area contributed by atoms with Crippen LogP contribution in [0.15, 0.2) is 14.3 Å². The first-order valence-electron chi connectivity index (χ1n) is 6.52. The molecule has 0 bridgehead atoms. The van der Waals surface area contributed by atoms with Gasteiger partial charge in [-0.3, -0.25) is 9.69 Å². The molecule has 0 aromatic carbocycles. The molecule has 116 valence electrons. The molecule has 1 aliphatic heterocycles. The van der Waals surface area contributed by atoms with Crippen molar-refractivity contribution in [2.24, 2.45) is 5.73 Å². The van der Waals surface area contributed by atoms with Crippen LogP contribution in [-0.4, -0.2) is 52.4 Å². The first kappa shape index (κ1) is 17.3. The van der Waals surface area contributed by atoms with Crippen LogP contribution >= 0.6 is 55.4 Å². The van der Waals surface area contributed by atoms with Crippen molar-refractivity contribution in [2.45, 2.75) is 19.4 Å². The summed E-state index contributed by atoms with van der Waals surface area (Å²) in [6.45, 7) is 7.00. The van der Waals surface area contributed by atoms with Gasteiger partial charge < -0.3 is 10.6 Å². The van der Waals surface area contributed by atoms with E-state index in [2.05, 4.69) is 36.8 Å². The van der Waals surface area contributed by atoms with E-state index in [0.29, 0.717) is 18.1 Å². The number of piperazine rings is 1. The lowest BCUT2D eigenvalue weighted by Crippen LogP contribution is -2.59. The zero-order valence-corrected chi connectivity index (χ0v) is 16.7. The number of carbonyl (C=O) groups excluding carboxylic acids is 1.